The molecule has 0 atom stereocenters. The van der Waals surface area contributed by atoms with Crippen LogP contribution in [0.1, 0.15) is 156 Å². The Bertz CT molecular complexity index is 1720. The molecule has 0 unspecified atom stereocenters. The van der Waals surface area contributed by atoms with Crippen LogP contribution in [0.2, 0.25) is 0 Å². The van der Waals surface area contributed by atoms with E-state index in [1.165, 1.54) is 79.0 Å². The van der Waals surface area contributed by atoms with Crippen molar-refractivity contribution < 1.29 is 0 Å². The molecule has 0 spiro atoms. The van der Waals surface area contributed by atoms with E-state index in [-0.39, 0.29) is 5.41 Å². The molecule has 5 nitrogen and oxygen atoms in total. The molecule has 0 N–H and O–H groups in total. The van der Waals surface area contributed by atoms with Crippen LogP contribution in [-0.2, 0) is 5.41 Å². The number of benzene rings is 3. The molecule has 260 valence electrons. The summed E-state index contributed by atoms with van der Waals surface area (Å²) >= 11 is -0.865. The summed E-state index contributed by atoms with van der Waals surface area (Å²) in [6.07, 6.45) is 12.6. The Hall–Kier alpha value is -2.89. The second-order valence-corrected chi connectivity index (χ2v) is 20.9. The Morgan fingerprint density at radius 3 is 1.46 bits per heavy atom. The first kappa shape index (κ1) is 35.5. The second-order valence-electron chi connectivity index (χ2n) is 16.7. The van der Waals surface area contributed by atoms with Gasteiger partial charge in [-0.25, -0.2) is 0 Å². The fourth-order valence-corrected chi connectivity index (χ4v) is 13.6. The van der Waals surface area contributed by atoms with Crippen LogP contribution in [0.15, 0.2) is 64.6 Å². The Kier molecular flexibility index (Phi) is 10.4. The van der Waals surface area contributed by atoms with Gasteiger partial charge in [-0.2, -0.15) is 0 Å². The predicted octanol–water partition coefficient (Wildman–Crippen LogP) is 11.1. The van der Waals surface area contributed by atoms with Gasteiger partial charge in [0.1, 0.15) is 0 Å². The third kappa shape index (κ3) is 7.11. The number of aliphatic imine (C=N–C) groups is 2. The Morgan fingerprint density at radius 1 is 0.660 bits per heavy atom. The van der Waals surface area contributed by atoms with Crippen LogP contribution in [0.4, 0.5) is 11.4 Å². The zero-order chi connectivity index (χ0) is 35.2. The zero-order valence-corrected chi connectivity index (χ0v) is 34.3. The van der Waals surface area contributed by atoms with Crippen molar-refractivity contribution in [2.75, 3.05) is 0 Å². The monoisotopic (exact) mass is 745 g/mol. The molecule has 2 radical (unpaired) electrons. The third-order valence-electron chi connectivity index (χ3n) is 11.6. The summed E-state index contributed by atoms with van der Waals surface area (Å²) in [7, 11) is 1.21. The van der Waals surface area contributed by atoms with E-state index in [9.17, 15) is 0 Å². The first-order chi connectivity index (χ1) is 24.0. The molecule has 1 aromatic heterocycles. The molecule has 4 aliphatic carbocycles. The van der Waals surface area contributed by atoms with Crippen LogP contribution < -0.4 is 4.40 Å². The van der Waals surface area contributed by atoms with Crippen LogP contribution in [0, 0.1) is 17.8 Å². The molecule has 4 aromatic rings. The maximum absolute atomic E-state index is 5.30. The van der Waals surface area contributed by atoms with Gasteiger partial charge in [-0.05, 0) is 0 Å². The van der Waals surface area contributed by atoms with E-state index in [2.05, 4.69) is 126 Å². The van der Waals surface area contributed by atoms with Gasteiger partial charge in [0.05, 0.1) is 0 Å². The van der Waals surface area contributed by atoms with Crippen LogP contribution in [-0.4, -0.2) is 41.8 Å². The average molecular weight is 745 g/mol. The van der Waals surface area contributed by atoms with Gasteiger partial charge in [0.25, 0.3) is 0 Å². The summed E-state index contributed by atoms with van der Waals surface area (Å²) in [5.41, 5.74) is 11.4. The Morgan fingerprint density at radius 2 is 1.06 bits per heavy atom. The molecule has 4 aliphatic rings. The molecule has 50 heavy (non-hydrogen) atoms. The van der Waals surface area contributed by atoms with Crippen LogP contribution in [0.5, 0.6) is 0 Å². The molecule has 0 amide bonds. The fraction of sp³-hybridized carbons (Fsp3) is 0.512. The van der Waals surface area contributed by atoms with Crippen molar-refractivity contribution in [3.8, 4) is 0 Å². The van der Waals surface area contributed by atoms with E-state index in [1.807, 2.05) is 0 Å². The number of aromatic nitrogens is 3. The Balaban J connectivity index is 1.30. The molecule has 1 heterocycles. The third-order valence-corrected chi connectivity index (χ3v) is 16.1. The summed E-state index contributed by atoms with van der Waals surface area (Å²) in [6, 6.07) is 20.0. The van der Waals surface area contributed by atoms with Gasteiger partial charge in [-0.15, -0.1) is 0 Å². The summed E-state index contributed by atoms with van der Waals surface area (Å²) in [5.74, 6) is 4.28. The van der Waals surface area contributed by atoms with Crippen LogP contribution >= 0.6 is 8.35 Å². The SMILES string of the molecule is CC(C)c1cccc(C(C)C)c1N=Cc1cccc(C=Nc2c(C(C)C)cccc2C(C)C)[c]1[Ge][n]1nnc(C23CC4CC(CC(C4)C2)C3)p1. The summed E-state index contributed by atoms with van der Waals surface area (Å²) in [5, 5.41) is 9.91. The van der Waals surface area contributed by atoms with Gasteiger partial charge in [0.15, 0.2) is 0 Å². The van der Waals surface area contributed by atoms with Gasteiger partial charge in [-0.1, -0.05) is 0 Å². The van der Waals surface area contributed by atoms with E-state index in [1.54, 1.807) is 0 Å². The molecule has 4 bridgehead atoms. The average Bonchev–Trinajstić information content (AvgIpc) is 3.55. The standard InChI is InChI=1S/C43H54GeN5P/c1-26(2)35-14-10-15-36(27(3)4)40(35)45-24-33-12-9-13-34(25-46-41-37(28(5)6)16-11-17-38(41)29(7)8)39(33)44-49-48-47-42(50-49)43-21-30-18-31(22-43)20-32(19-30)23-43/h9-17,24-32H,18-23H2,1-8H3. The van der Waals surface area contributed by atoms with Crippen molar-refractivity contribution in [2.45, 2.75) is 123 Å². The number of hydrogen-bond donors (Lipinski definition) is 0. The van der Waals surface area contributed by atoms with Crippen molar-refractivity contribution in [3.05, 3.63) is 93.4 Å². The topological polar surface area (TPSA) is 55.4 Å². The van der Waals surface area contributed by atoms with Gasteiger partial charge < -0.3 is 0 Å². The molecular weight excluding hydrogens is 690 g/mol. The van der Waals surface area contributed by atoms with E-state index >= 15 is 0 Å². The molecule has 4 fully saturated rings. The van der Waals surface area contributed by atoms with Gasteiger partial charge in [0, 0.05) is 0 Å². The Labute approximate surface area is 308 Å². The number of nitrogens with zero attached hydrogens (tertiary/aromatic N) is 5. The number of rotatable bonds is 11. The molecule has 0 aliphatic heterocycles. The van der Waals surface area contributed by atoms with Crippen molar-refractivity contribution in [2.24, 2.45) is 27.7 Å². The molecule has 7 heteroatoms. The van der Waals surface area contributed by atoms with E-state index in [4.69, 9.17) is 20.3 Å². The van der Waals surface area contributed by atoms with Gasteiger partial charge in [-0.3, -0.25) is 0 Å². The van der Waals surface area contributed by atoms with Crippen LogP contribution in [0.25, 0.3) is 0 Å². The van der Waals surface area contributed by atoms with Crippen molar-refractivity contribution in [1.29, 1.82) is 0 Å². The second kappa shape index (κ2) is 14.6. The molecule has 8 rings (SSSR count). The molecule has 4 saturated carbocycles. The molecular formula is C43H54GeN5P. The number of hydrogen-bond acceptors (Lipinski definition) is 4. The summed E-state index contributed by atoms with van der Waals surface area (Å²) in [4.78, 5) is 10.6. The van der Waals surface area contributed by atoms with Crippen molar-refractivity contribution in [3.63, 3.8) is 0 Å². The van der Waals surface area contributed by atoms with E-state index in [0.717, 1.165) is 40.3 Å². The fourth-order valence-electron chi connectivity index (χ4n) is 9.48. The van der Waals surface area contributed by atoms with Gasteiger partial charge >= 0.3 is 310 Å². The van der Waals surface area contributed by atoms with E-state index in [0.29, 0.717) is 23.7 Å². The quantitative estimate of drug-likeness (QED) is 0.113. The first-order valence-electron chi connectivity index (χ1n) is 19.1. The predicted molar refractivity (Wildman–Crippen MR) is 213 cm³/mol. The number of para-hydroxylation sites is 2. The maximum atomic E-state index is 5.30. The van der Waals surface area contributed by atoms with Crippen molar-refractivity contribution >= 4 is 52.2 Å². The minimum atomic E-state index is -0.865. The minimum absolute atomic E-state index is 0.285. The normalized spacial score (nSPS) is 23.4. The molecule has 3 aromatic carbocycles. The first-order valence-corrected chi connectivity index (χ1v) is 21.9. The summed E-state index contributed by atoms with van der Waals surface area (Å²) < 4.78 is 3.63. The summed E-state index contributed by atoms with van der Waals surface area (Å²) in [6.45, 7) is 18.1. The van der Waals surface area contributed by atoms with Gasteiger partial charge in [0.2, 0.25) is 0 Å². The molecule has 0 saturated heterocycles. The van der Waals surface area contributed by atoms with E-state index < -0.39 is 15.7 Å². The zero-order valence-electron chi connectivity index (χ0n) is 31.3. The van der Waals surface area contributed by atoms with Crippen molar-refractivity contribution in [1.82, 2.24) is 13.7 Å². The van der Waals surface area contributed by atoms with Crippen LogP contribution in [0.3, 0.4) is 0 Å².